The lowest BCUT2D eigenvalue weighted by atomic mass is 10.0. The number of ether oxygens (including phenoxy) is 1. The minimum absolute atomic E-state index is 0.271. The molecular formula is C18H15N3O6. The summed E-state index contributed by atoms with van der Waals surface area (Å²) in [7, 11) is 1.45. The van der Waals surface area contributed by atoms with Crippen LogP contribution < -0.4 is 10.3 Å². The van der Waals surface area contributed by atoms with Crippen LogP contribution in [0.5, 0.6) is 17.2 Å². The summed E-state index contributed by atoms with van der Waals surface area (Å²) in [6.07, 6.45) is 3.50. The lowest BCUT2D eigenvalue weighted by molar-refractivity contribution is -0.136. The Kier molecular flexibility index (Phi) is 4.84. The second-order valence-electron chi connectivity index (χ2n) is 5.76. The number of aliphatic carboxylic acids is 1. The number of Topliss-reactive ketones (excluding diaryl/α,β-unsaturated/α-hetero) is 1. The Labute approximate surface area is 152 Å². The topological polar surface area (TPSA) is 132 Å². The quantitative estimate of drug-likeness (QED) is 0.630. The molecule has 0 radical (unpaired) electrons. The van der Waals surface area contributed by atoms with Gasteiger partial charge in [0.1, 0.15) is 23.4 Å². The third-order valence-electron chi connectivity index (χ3n) is 3.96. The third kappa shape index (κ3) is 3.61. The molecule has 0 fully saturated rings. The standard InChI is InChI=1S/C18H15N3O6/c1-21-13-6-10(27-11-7-19-9-20-8-11)2-3-12(13)17(25)16(18(21)26)14(22)4-5-15(23)24/h2-3,6-9,25H,4-5H2,1H3,(H,23,24). The molecule has 0 aliphatic heterocycles. The predicted molar refractivity (Wildman–Crippen MR) is 94.2 cm³/mol. The largest absolute Gasteiger partial charge is 0.506 e. The smallest absolute Gasteiger partial charge is 0.303 e. The van der Waals surface area contributed by atoms with Gasteiger partial charge in [-0.2, -0.15) is 0 Å². The van der Waals surface area contributed by atoms with Gasteiger partial charge in [0.25, 0.3) is 5.56 Å². The maximum Gasteiger partial charge on any atom is 0.303 e. The van der Waals surface area contributed by atoms with Crippen LogP contribution in [0.2, 0.25) is 0 Å². The van der Waals surface area contributed by atoms with Crippen LogP contribution in [0.4, 0.5) is 0 Å². The van der Waals surface area contributed by atoms with Crippen molar-refractivity contribution in [3.8, 4) is 17.2 Å². The minimum Gasteiger partial charge on any atom is -0.506 e. The Morgan fingerprint density at radius 1 is 1.15 bits per heavy atom. The number of hydrogen-bond acceptors (Lipinski definition) is 7. The van der Waals surface area contributed by atoms with Crippen LogP contribution in [-0.2, 0) is 11.8 Å². The van der Waals surface area contributed by atoms with Crippen LogP contribution in [0.1, 0.15) is 23.2 Å². The highest BCUT2D eigenvalue weighted by atomic mass is 16.5. The van der Waals surface area contributed by atoms with Gasteiger partial charge >= 0.3 is 5.97 Å². The maximum atomic E-state index is 12.5. The number of carbonyl (C=O) groups excluding carboxylic acids is 1. The molecule has 0 spiro atoms. The van der Waals surface area contributed by atoms with E-state index in [2.05, 4.69) is 9.97 Å². The summed E-state index contributed by atoms with van der Waals surface area (Å²) < 4.78 is 6.82. The highest BCUT2D eigenvalue weighted by Gasteiger charge is 2.22. The van der Waals surface area contributed by atoms with Crippen LogP contribution in [-0.4, -0.2) is 36.5 Å². The van der Waals surface area contributed by atoms with E-state index in [1.165, 1.54) is 42.5 Å². The molecule has 1 aromatic carbocycles. The summed E-state index contributed by atoms with van der Waals surface area (Å²) in [5, 5.41) is 19.4. The van der Waals surface area contributed by atoms with Crippen LogP contribution in [0.3, 0.4) is 0 Å². The monoisotopic (exact) mass is 369 g/mol. The second kappa shape index (κ2) is 7.24. The number of pyridine rings is 1. The molecule has 0 unspecified atom stereocenters. The molecule has 27 heavy (non-hydrogen) atoms. The van der Waals surface area contributed by atoms with Crippen LogP contribution in [0.25, 0.3) is 10.9 Å². The van der Waals surface area contributed by atoms with Crippen molar-refractivity contribution in [1.29, 1.82) is 0 Å². The molecule has 3 rings (SSSR count). The molecule has 0 aliphatic rings. The average molecular weight is 369 g/mol. The minimum atomic E-state index is -1.16. The maximum absolute atomic E-state index is 12.5. The molecule has 9 heteroatoms. The average Bonchev–Trinajstić information content (AvgIpc) is 2.65. The van der Waals surface area contributed by atoms with Gasteiger partial charge in [-0.25, -0.2) is 9.97 Å². The number of aromatic hydroxyl groups is 1. The molecule has 3 aromatic rings. The summed E-state index contributed by atoms with van der Waals surface area (Å²) in [6, 6.07) is 4.61. The van der Waals surface area contributed by atoms with Gasteiger partial charge in [0.2, 0.25) is 0 Å². The number of nitrogens with zero attached hydrogens (tertiary/aromatic N) is 3. The van der Waals surface area contributed by atoms with Crippen molar-refractivity contribution in [3.63, 3.8) is 0 Å². The number of fused-ring (bicyclic) bond motifs is 1. The van der Waals surface area contributed by atoms with E-state index in [-0.39, 0.29) is 11.8 Å². The van der Waals surface area contributed by atoms with Crippen molar-refractivity contribution in [2.75, 3.05) is 0 Å². The zero-order valence-corrected chi connectivity index (χ0v) is 14.2. The molecule has 2 N–H and O–H groups in total. The molecule has 2 aromatic heterocycles. The summed E-state index contributed by atoms with van der Waals surface area (Å²) in [5.41, 5.74) is -0.784. The van der Waals surface area contributed by atoms with Gasteiger partial charge in [0.15, 0.2) is 11.5 Å². The second-order valence-corrected chi connectivity index (χ2v) is 5.76. The predicted octanol–water partition coefficient (Wildman–Crippen LogP) is 1.87. The van der Waals surface area contributed by atoms with Gasteiger partial charge in [-0.05, 0) is 12.1 Å². The van der Waals surface area contributed by atoms with E-state index >= 15 is 0 Å². The van der Waals surface area contributed by atoms with Crippen LogP contribution >= 0.6 is 0 Å². The fraction of sp³-hybridized carbons (Fsp3) is 0.167. The van der Waals surface area contributed by atoms with Gasteiger partial charge in [-0.3, -0.25) is 14.4 Å². The summed E-state index contributed by atoms with van der Waals surface area (Å²) >= 11 is 0. The number of carboxylic acids is 1. The highest BCUT2D eigenvalue weighted by molar-refractivity contribution is 6.04. The first kappa shape index (κ1) is 18.1. The molecule has 2 heterocycles. The van der Waals surface area contributed by atoms with E-state index in [0.29, 0.717) is 17.0 Å². The van der Waals surface area contributed by atoms with Gasteiger partial charge in [-0.1, -0.05) is 0 Å². The molecule has 0 amide bonds. The number of carboxylic acid groups (broad SMARTS) is 1. The summed E-state index contributed by atoms with van der Waals surface area (Å²) in [6.45, 7) is 0. The van der Waals surface area contributed by atoms with Crippen molar-refractivity contribution < 1.29 is 24.5 Å². The van der Waals surface area contributed by atoms with Crippen LogP contribution in [0, 0.1) is 0 Å². The van der Waals surface area contributed by atoms with Gasteiger partial charge in [0.05, 0.1) is 24.3 Å². The first-order valence-corrected chi connectivity index (χ1v) is 7.92. The molecular weight excluding hydrogens is 354 g/mol. The van der Waals surface area contributed by atoms with Crippen molar-refractivity contribution in [3.05, 3.63) is 52.8 Å². The number of aryl methyl sites for hydroxylation is 1. The lowest BCUT2D eigenvalue weighted by Crippen LogP contribution is -2.25. The summed E-state index contributed by atoms with van der Waals surface area (Å²) in [5.74, 6) is -1.58. The molecule has 138 valence electrons. The van der Waals surface area contributed by atoms with Gasteiger partial charge in [-0.15, -0.1) is 0 Å². The number of benzene rings is 1. The molecule has 0 bridgehead atoms. The van der Waals surface area contributed by atoms with Crippen molar-refractivity contribution in [2.45, 2.75) is 12.8 Å². The van der Waals surface area contributed by atoms with E-state index in [1.807, 2.05) is 0 Å². The highest BCUT2D eigenvalue weighted by Crippen LogP contribution is 2.31. The molecule has 9 nitrogen and oxygen atoms in total. The first-order valence-electron chi connectivity index (χ1n) is 7.92. The Morgan fingerprint density at radius 2 is 1.85 bits per heavy atom. The fourth-order valence-corrected chi connectivity index (χ4v) is 2.64. The number of aromatic nitrogens is 3. The number of carbonyl (C=O) groups is 2. The Balaban J connectivity index is 2.05. The third-order valence-corrected chi connectivity index (χ3v) is 3.96. The van der Waals surface area contributed by atoms with E-state index in [4.69, 9.17) is 9.84 Å². The zero-order valence-electron chi connectivity index (χ0n) is 14.2. The van der Waals surface area contributed by atoms with Crippen molar-refractivity contribution in [1.82, 2.24) is 14.5 Å². The van der Waals surface area contributed by atoms with E-state index in [9.17, 15) is 19.5 Å². The number of rotatable bonds is 6. The first-order chi connectivity index (χ1) is 12.9. The lowest BCUT2D eigenvalue weighted by Gasteiger charge is -2.12. The molecule has 0 aliphatic carbocycles. The number of ketones is 1. The zero-order chi connectivity index (χ0) is 19.6. The van der Waals surface area contributed by atoms with Gasteiger partial charge in [0, 0.05) is 24.9 Å². The normalized spacial score (nSPS) is 10.7. The summed E-state index contributed by atoms with van der Waals surface area (Å²) in [4.78, 5) is 43.1. The number of hydrogen-bond donors (Lipinski definition) is 2. The molecule has 0 saturated heterocycles. The Bertz CT molecular complexity index is 1090. The van der Waals surface area contributed by atoms with Crippen molar-refractivity contribution >= 4 is 22.7 Å². The molecule has 0 atom stereocenters. The van der Waals surface area contributed by atoms with E-state index < -0.39 is 35.0 Å². The Morgan fingerprint density at radius 3 is 2.52 bits per heavy atom. The SMILES string of the molecule is Cn1c(=O)c(C(=O)CCC(=O)O)c(O)c2ccc(Oc3cncnc3)cc21. The Hall–Kier alpha value is -3.75. The van der Waals surface area contributed by atoms with E-state index in [1.54, 1.807) is 6.07 Å². The van der Waals surface area contributed by atoms with Crippen LogP contribution in [0.15, 0.2) is 41.7 Å². The molecule has 0 saturated carbocycles. The fourth-order valence-electron chi connectivity index (χ4n) is 2.64. The van der Waals surface area contributed by atoms with E-state index in [0.717, 1.165) is 0 Å². The van der Waals surface area contributed by atoms with Gasteiger partial charge < -0.3 is 19.5 Å². The van der Waals surface area contributed by atoms with Crippen molar-refractivity contribution in [2.24, 2.45) is 7.05 Å².